The highest BCUT2D eigenvalue weighted by Crippen LogP contribution is 2.29. The molecule has 2 rings (SSSR count). The minimum atomic E-state index is -3.66. The predicted molar refractivity (Wildman–Crippen MR) is 87.1 cm³/mol. The van der Waals surface area contributed by atoms with Gasteiger partial charge in [0.1, 0.15) is 0 Å². The van der Waals surface area contributed by atoms with Gasteiger partial charge in [-0.2, -0.15) is 0 Å². The van der Waals surface area contributed by atoms with Crippen LogP contribution >= 0.6 is 0 Å². The first-order valence-corrected chi connectivity index (χ1v) is 8.16. The van der Waals surface area contributed by atoms with Crippen molar-refractivity contribution in [2.75, 3.05) is 10.5 Å². The van der Waals surface area contributed by atoms with E-state index in [1.54, 1.807) is 32.0 Å². The molecule has 0 bridgehead atoms. The summed E-state index contributed by atoms with van der Waals surface area (Å²) >= 11 is 0. The van der Waals surface area contributed by atoms with E-state index in [-0.39, 0.29) is 4.90 Å². The van der Waals surface area contributed by atoms with Crippen LogP contribution in [0.5, 0.6) is 0 Å². The molecule has 21 heavy (non-hydrogen) atoms. The molecule has 2 aromatic rings. The summed E-state index contributed by atoms with van der Waals surface area (Å²) < 4.78 is 27.9. The van der Waals surface area contributed by atoms with Gasteiger partial charge in [0, 0.05) is 11.4 Å². The number of benzene rings is 2. The zero-order chi connectivity index (χ0) is 15.8. The van der Waals surface area contributed by atoms with Crippen molar-refractivity contribution >= 4 is 21.4 Å². The van der Waals surface area contributed by atoms with Gasteiger partial charge < -0.3 is 5.73 Å². The molecule has 0 atom stereocenters. The summed E-state index contributed by atoms with van der Waals surface area (Å²) in [5.41, 5.74) is 10.2. The summed E-state index contributed by atoms with van der Waals surface area (Å²) in [4.78, 5) is 0.257. The molecule has 0 heterocycles. The highest BCUT2D eigenvalue weighted by Gasteiger charge is 2.22. The van der Waals surface area contributed by atoms with E-state index in [2.05, 4.69) is 4.72 Å². The molecular formula is C16H20N2O2S. The van der Waals surface area contributed by atoms with Gasteiger partial charge >= 0.3 is 0 Å². The van der Waals surface area contributed by atoms with Gasteiger partial charge in [-0.15, -0.1) is 0 Å². The number of nitrogens with one attached hydrogen (secondary N) is 1. The topological polar surface area (TPSA) is 72.2 Å². The molecule has 0 saturated carbocycles. The Kier molecular flexibility index (Phi) is 3.96. The fraction of sp³-hybridized carbons (Fsp3) is 0.250. The number of anilines is 2. The Morgan fingerprint density at radius 3 is 2.29 bits per heavy atom. The maximum Gasteiger partial charge on any atom is 0.262 e. The van der Waals surface area contributed by atoms with Crippen molar-refractivity contribution < 1.29 is 8.42 Å². The lowest BCUT2D eigenvalue weighted by Gasteiger charge is -2.16. The summed E-state index contributed by atoms with van der Waals surface area (Å²) in [6.07, 6.45) is 0. The second kappa shape index (κ2) is 5.41. The molecule has 0 radical (unpaired) electrons. The number of aryl methyl sites for hydroxylation is 3. The van der Waals surface area contributed by atoms with Gasteiger partial charge in [-0.25, -0.2) is 8.42 Å². The number of rotatable bonds is 3. The highest BCUT2D eigenvalue weighted by molar-refractivity contribution is 7.92. The molecule has 4 nitrogen and oxygen atoms in total. The van der Waals surface area contributed by atoms with Crippen molar-refractivity contribution in [3.8, 4) is 0 Å². The lowest BCUT2D eigenvalue weighted by Crippen LogP contribution is -2.17. The number of hydrogen-bond donors (Lipinski definition) is 2. The Hall–Kier alpha value is -2.01. The first-order chi connectivity index (χ1) is 9.72. The second-order valence-electron chi connectivity index (χ2n) is 5.35. The molecule has 0 unspecified atom stereocenters. The van der Waals surface area contributed by atoms with Gasteiger partial charge in [0.25, 0.3) is 10.0 Å². The van der Waals surface area contributed by atoms with Crippen molar-refractivity contribution in [3.05, 3.63) is 52.6 Å². The van der Waals surface area contributed by atoms with Crippen LogP contribution in [0, 0.1) is 27.7 Å². The molecule has 0 fully saturated rings. The molecule has 2 aromatic carbocycles. The van der Waals surface area contributed by atoms with Crippen molar-refractivity contribution in [1.29, 1.82) is 0 Å². The van der Waals surface area contributed by atoms with Crippen molar-refractivity contribution in [2.24, 2.45) is 0 Å². The van der Waals surface area contributed by atoms with Crippen molar-refractivity contribution in [2.45, 2.75) is 32.6 Å². The largest absolute Gasteiger partial charge is 0.398 e. The van der Waals surface area contributed by atoms with Crippen LogP contribution in [-0.4, -0.2) is 8.42 Å². The van der Waals surface area contributed by atoms with E-state index >= 15 is 0 Å². The lowest BCUT2D eigenvalue weighted by molar-refractivity contribution is 0.600. The summed E-state index contributed by atoms with van der Waals surface area (Å²) in [6, 6.07) is 9.05. The van der Waals surface area contributed by atoms with Crippen LogP contribution in [-0.2, 0) is 10.0 Å². The minimum Gasteiger partial charge on any atom is -0.398 e. The minimum absolute atomic E-state index is 0.257. The van der Waals surface area contributed by atoms with E-state index in [0.29, 0.717) is 22.5 Å². The first kappa shape index (κ1) is 15.4. The fourth-order valence-corrected chi connectivity index (χ4v) is 4.05. The van der Waals surface area contributed by atoms with Gasteiger partial charge in [-0.05, 0) is 62.1 Å². The van der Waals surface area contributed by atoms with Crippen molar-refractivity contribution in [3.63, 3.8) is 0 Å². The summed E-state index contributed by atoms with van der Waals surface area (Å²) in [5, 5.41) is 0. The van der Waals surface area contributed by atoms with E-state index in [1.165, 1.54) is 0 Å². The van der Waals surface area contributed by atoms with Gasteiger partial charge in [-0.3, -0.25) is 4.72 Å². The lowest BCUT2D eigenvalue weighted by atomic mass is 10.1. The number of hydrogen-bond acceptors (Lipinski definition) is 3. The Morgan fingerprint density at radius 1 is 1.00 bits per heavy atom. The molecule has 0 amide bonds. The van der Waals surface area contributed by atoms with Crippen LogP contribution in [0.25, 0.3) is 0 Å². The standard InChI is InChI=1S/C16H20N2O2S/c1-10-6-5-7-14(8-10)18-21(19,20)16-12(3)9-11(2)15(17)13(16)4/h5-9,18H,17H2,1-4H3. The van der Waals surface area contributed by atoms with E-state index < -0.39 is 10.0 Å². The van der Waals surface area contributed by atoms with Crippen LogP contribution in [0.4, 0.5) is 11.4 Å². The predicted octanol–water partition coefficient (Wildman–Crippen LogP) is 3.30. The Balaban J connectivity index is 2.53. The molecule has 0 aromatic heterocycles. The highest BCUT2D eigenvalue weighted by atomic mass is 32.2. The molecule has 112 valence electrons. The quantitative estimate of drug-likeness (QED) is 0.855. The van der Waals surface area contributed by atoms with Crippen LogP contribution < -0.4 is 10.5 Å². The maximum absolute atomic E-state index is 12.7. The Labute approximate surface area is 126 Å². The molecule has 0 aliphatic heterocycles. The van der Waals surface area contributed by atoms with Gasteiger partial charge in [0.05, 0.1) is 4.90 Å². The molecule has 5 heteroatoms. The zero-order valence-corrected chi connectivity index (χ0v) is 13.5. The Morgan fingerprint density at radius 2 is 1.67 bits per heavy atom. The van der Waals surface area contributed by atoms with Gasteiger partial charge in [0.15, 0.2) is 0 Å². The first-order valence-electron chi connectivity index (χ1n) is 6.68. The van der Waals surface area contributed by atoms with Gasteiger partial charge in [-0.1, -0.05) is 18.2 Å². The third-order valence-electron chi connectivity index (χ3n) is 3.50. The fourth-order valence-electron chi connectivity index (χ4n) is 2.51. The normalized spacial score (nSPS) is 11.4. The summed E-state index contributed by atoms with van der Waals surface area (Å²) in [5.74, 6) is 0. The van der Waals surface area contributed by atoms with Gasteiger partial charge in [0.2, 0.25) is 0 Å². The SMILES string of the molecule is Cc1cccc(NS(=O)(=O)c2c(C)cc(C)c(N)c2C)c1. The second-order valence-corrected chi connectivity index (χ2v) is 6.97. The number of sulfonamides is 1. The van der Waals surface area contributed by atoms with Crippen LogP contribution in [0.1, 0.15) is 22.3 Å². The van der Waals surface area contributed by atoms with Crippen molar-refractivity contribution in [1.82, 2.24) is 0 Å². The van der Waals surface area contributed by atoms with E-state index in [9.17, 15) is 8.42 Å². The number of nitrogens with two attached hydrogens (primary N) is 1. The zero-order valence-electron chi connectivity index (χ0n) is 12.7. The van der Waals surface area contributed by atoms with Crippen LogP contribution in [0.3, 0.4) is 0 Å². The molecule has 0 saturated heterocycles. The molecule has 0 aliphatic rings. The third-order valence-corrected chi connectivity index (χ3v) is 5.17. The maximum atomic E-state index is 12.7. The van der Waals surface area contributed by atoms with Crippen LogP contribution in [0.15, 0.2) is 35.2 Å². The van der Waals surface area contributed by atoms with E-state index in [1.807, 2.05) is 26.0 Å². The average Bonchev–Trinajstić information content (AvgIpc) is 2.35. The van der Waals surface area contributed by atoms with E-state index in [0.717, 1.165) is 11.1 Å². The smallest absolute Gasteiger partial charge is 0.262 e. The molecule has 0 aliphatic carbocycles. The number of nitrogen functional groups attached to an aromatic ring is 1. The summed E-state index contributed by atoms with van der Waals surface area (Å²) in [6.45, 7) is 7.31. The third kappa shape index (κ3) is 3.03. The Bertz CT molecular complexity index is 796. The van der Waals surface area contributed by atoms with E-state index in [4.69, 9.17) is 5.73 Å². The molecule has 3 N–H and O–H groups in total. The van der Waals surface area contributed by atoms with Crippen LogP contribution in [0.2, 0.25) is 0 Å². The molecule has 0 spiro atoms. The monoisotopic (exact) mass is 304 g/mol. The molecular weight excluding hydrogens is 284 g/mol. The average molecular weight is 304 g/mol. The summed E-state index contributed by atoms with van der Waals surface area (Å²) in [7, 11) is -3.66.